The van der Waals surface area contributed by atoms with Crippen LogP contribution in [0.5, 0.6) is 0 Å². The monoisotopic (exact) mass is 259 g/mol. The molecular weight excluding hydrogens is 253 g/mol. The van der Waals surface area contributed by atoms with Gasteiger partial charge in [0.1, 0.15) is 0 Å². The van der Waals surface area contributed by atoms with Crippen molar-refractivity contribution < 1.29 is 4.79 Å². The van der Waals surface area contributed by atoms with E-state index in [0.717, 1.165) is 3.57 Å². The van der Waals surface area contributed by atoms with Crippen LogP contribution in [0.25, 0.3) is 0 Å². The number of carbonyl (C=O) groups excluding carboxylic acids is 1. The van der Waals surface area contributed by atoms with Crippen molar-refractivity contribution in [1.29, 1.82) is 0 Å². The molecule has 0 heterocycles. The summed E-state index contributed by atoms with van der Waals surface area (Å²) >= 11 is 2.14. The molecular formula is C8H6INO. The fourth-order valence-electron chi connectivity index (χ4n) is 0.752. The lowest BCUT2D eigenvalue weighted by Gasteiger charge is -1.96. The van der Waals surface area contributed by atoms with E-state index in [1.165, 1.54) is 11.6 Å². The summed E-state index contributed by atoms with van der Waals surface area (Å²) in [5, 5.41) is 0. The number of nitrogens with zero attached hydrogens (tertiary/aromatic N) is 1. The summed E-state index contributed by atoms with van der Waals surface area (Å²) in [4.78, 5) is 13.5. The number of aryl methyl sites for hydroxylation is 1. The highest BCUT2D eigenvalue weighted by Gasteiger charge is 1.95. The molecule has 0 saturated heterocycles. The normalized spacial score (nSPS) is 8.91. The van der Waals surface area contributed by atoms with Gasteiger partial charge in [0.2, 0.25) is 6.08 Å². The number of aliphatic imine (C=N–C) groups is 1. The standard InChI is InChI=1S/C8H6INO/c1-6-2-3-8(10-5-11)7(9)4-6/h2-4H,1H3. The molecule has 0 N–H and O–H groups in total. The average molecular weight is 259 g/mol. The summed E-state index contributed by atoms with van der Waals surface area (Å²) in [6.07, 6.45) is 1.51. The number of isocyanates is 1. The van der Waals surface area contributed by atoms with Crippen molar-refractivity contribution in [3.05, 3.63) is 27.3 Å². The third-order valence-electron chi connectivity index (χ3n) is 1.27. The van der Waals surface area contributed by atoms with Gasteiger partial charge in [0.25, 0.3) is 0 Å². The highest BCUT2D eigenvalue weighted by molar-refractivity contribution is 14.1. The molecule has 0 amide bonds. The fourth-order valence-corrected chi connectivity index (χ4v) is 1.54. The van der Waals surface area contributed by atoms with Gasteiger partial charge in [-0.25, -0.2) is 4.79 Å². The highest BCUT2D eigenvalue weighted by Crippen LogP contribution is 2.21. The van der Waals surface area contributed by atoms with Gasteiger partial charge in [-0.3, -0.25) is 0 Å². The molecule has 0 saturated carbocycles. The van der Waals surface area contributed by atoms with Gasteiger partial charge in [-0.15, -0.1) is 0 Å². The van der Waals surface area contributed by atoms with Gasteiger partial charge in [-0.05, 0) is 47.2 Å². The van der Waals surface area contributed by atoms with Gasteiger partial charge in [0.05, 0.1) is 5.69 Å². The first kappa shape index (κ1) is 8.43. The third kappa shape index (κ3) is 2.13. The molecule has 0 aromatic heterocycles. The Morgan fingerprint density at radius 1 is 1.55 bits per heavy atom. The van der Waals surface area contributed by atoms with Crippen LogP contribution in [0.3, 0.4) is 0 Å². The van der Waals surface area contributed by atoms with E-state index in [1.54, 1.807) is 0 Å². The van der Waals surface area contributed by atoms with Crippen molar-refractivity contribution in [3.63, 3.8) is 0 Å². The minimum Gasteiger partial charge on any atom is -0.211 e. The van der Waals surface area contributed by atoms with Crippen molar-refractivity contribution >= 4 is 34.4 Å². The second-order valence-electron chi connectivity index (χ2n) is 2.16. The molecule has 0 fully saturated rings. The van der Waals surface area contributed by atoms with Crippen molar-refractivity contribution in [2.75, 3.05) is 0 Å². The molecule has 1 aromatic carbocycles. The van der Waals surface area contributed by atoms with Crippen LogP contribution in [-0.2, 0) is 4.79 Å². The van der Waals surface area contributed by atoms with Crippen molar-refractivity contribution in [2.24, 2.45) is 4.99 Å². The lowest BCUT2D eigenvalue weighted by molar-refractivity contribution is 0.565. The van der Waals surface area contributed by atoms with Gasteiger partial charge in [0.15, 0.2) is 0 Å². The predicted octanol–water partition coefficient (Wildman–Crippen LogP) is 2.57. The number of halogens is 1. The zero-order valence-electron chi connectivity index (χ0n) is 5.97. The summed E-state index contributed by atoms with van der Waals surface area (Å²) < 4.78 is 0.978. The van der Waals surface area contributed by atoms with Gasteiger partial charge in [-0.1, -0.05) is 6.07 Å². The number of hydrogen-bond acceptors (Lipinski definition) is 2. The molecule has 0 atom stereocenters. The Morgan fingerprint density at radius 2 is 2.27 bits per heavy atom. The largest absolute Gasteiger partial charge is 0.240 e. The van der Waals surface area contributed by atoms with Crippen LogP contribution < -0.4 is 0 Å². The Balaban J connectivity index is 3.19. The van der Waals surface area contributed by atoms with Crippen LogP contribution in [0.15, 0.2) is 23.2 Å². The molecule has 0 unspecified atom stereocenters. The first-order valence-electron chi connectivity index (χ1n) is 3.08. The van der Waals surface area contributed by atoms with Crippen LogP contribution in [0.2, 0.25) is 0 Å². The Bertz CT molecular complexity index is 316. The molecule has 1 rings (SSSR count). The first-order valence-corrected chi connectivity index (χ1v) is 4.16. The number of hydrogen-bond donors (Lipinski definition) is 0. The molecule has 0 aliphatic heterocycles. The molecule has 11 heavy (non-hydrogen) atoms. The maximum atomic E-state index is 9.92. The van der Waals surface area contributed by atoms with E-state index in [-0.39, 0.29) is 0 Å². The molecule has 0 bridgehead atoms. The van der Waals surface area contributed by atoms with E-state index in [2.05, 4.69) is 27.6 Å². The molecule has 0 aliphatic rings. The summed E-state index contributed by atoms with van der Waals surface area (Å²) in [5.74, 6) is 0. The van der Waals surface area contributed by atoms with Crippen LogP contribution >= 0.6 is 22.6 Å². The maximum Gasteiger partial charge on any atom is 0.240 e. The number of rotatable bonds is 1. The zero-order chi connectivity index (χ0) is 8.27. The predicted molar refractivity (Wildman–Crippen MR) is 51.7 cm³/mol. The minimum absolute atomic E-state index is 0.686. The molecule has 0 radical (unpaired) electrons. The number of benzene rings is 1. The topological polar surface area (TPSA) is 29.4 Å². The Hall–Kier alpha value is -0.670. The maximum absolute atomic E-state index is 9.92. The molecule has 0 spiro atoms. The molecule has 0 aliphatic carbocycles. The molecule has 56 valence electrons. The quantitative estimate of drug-likeness (QED) is 0.433. The minimum atomic E-state index is 0.686. The second kappa shape index (κ2) is 3.64. The lowest BCUT2D eigenvalue weighted by atomic mass is 10.2. The van der Waals surface area contributed by atoms with Crippen molar-refractivity contribution in [3.8, 4) is 0 Å². The summed E-state index contributed by atoms with van der Waals surface area (Å²) in [6, 6.07) is 5.69. The van der Waals surface area contributed by atoms with E-state index in [1.807, 2.05) is 25.1 Å². The van der Waals surface area contributed by atoms with E-state index < -0.39 is 0 Å². The van der Waals surface area contributed by atoms with Crippen molar-refractivity contribution in [1.82, 2.24) is 0 Å². The zero-order valence-corrected chi connectivity index (χ0v) is 8.12. The van der Waals surface area contributed by atoms with Crippen LogP contribution in [0.4, 0.5) is 5.69 Å². The van der Waals surface area contributed by atoms with Gasteiger partial charge < -0.3 is 0 Å². The molecule has 3 heteroatoms. The lowest BCUT2D eigenvalue weighted by Crippen LogP contribution is -1.75. The Kier molecular flexibility index (Phi) is 2.79. The SMILES string of the molecule is Cc1ccc(N=C=O)c(I)c1. The smallest absolute Gasteiger partial charge is 0.211 e. The van der Waals surface area contributed by atoms with E-state index in [9.17, 15) is 4.79 Å². The van der Waals surface area contributed by atoms with E-state index in [4.69, 9.17) is 0 Å². The summed E-state index contributed by atoms with van der Waals surface area (Å²) in [5.41, 5.74) is 1.85. The van der Waals surface area contributed by atoms with Crippen LogP contribution in [0.1, 0.15) is 5.56 Å². The summed E-state index contributed by atoms with van der Waals surface area (Å²) in [7, 11) is 0. The van der Waals surface area contributed by atoms with Crippen LogP contribution in [0, 0.1) is 10.5 Å². The fraction of sp³-hybridized carbons (Fsp3) is 0.125. The molecule has 1 aromatic rings. The van der Waals surface area contributed by atoms with Gasteiger partial charge in [0, 0.05) is 3.57 Å². The van der Waals surface area contributed by atoms with Crippen LogP contribution in [-0.4, -0.2) is 6.08 Å². The average Bonchev–Trinajstić information content (AvgIpc) is 1.95. The van der Waals surface area contributed by atoms with E-state index in [0.29, 0.717) is 5.69 Å². The van der Waals surface area contributed by atoms with Crippen molar-refractivity contribution in [2.45, 2.75) is 6.92 Å². The van der Waals surface area contributed by atoms with E-state index >= 15 is 0 Å². The summed E-state index contributed by atoms with van der Waals surface area (Å²) in [6.45, 7) is 2.00. The second-order valence-corrected chi connectivity index (χ2v) is 3.32. The first-order chi connectivity index (χ1) is 5.24. The van der Waals surface area contributed by atoms with Gasteiger partial charge in [-0.2, -0.15) is 4.99 Å². The van der Waals surface area contributed by atoms with Gasteiger partial charge >= 0.3 is 0 Å². The Morgan fingerprint density at radius 3 is 2.82 bits per heavy atom. The third-order valence-corrected chi connectivity index (χ3v) is 2.13. The molecule has 2 nitrogen and oxygen atoms in total. The highest BCUT2D eigenvalue weighted by atomic mass is 127. The Labute approximate surface area is 78.5 Å².